The zero-order valence-electron chi connectivity index (χ0n) is 21.4. The molecule has 0 saturated heterocycles. The molecule has 0 unspecified atom stereocenters. The standard InChI is InChI=1S/C26H33N9O/c1-6-27-14-21-10-24(34-33-21)32-23-11-22(29-16-30-23)18-7-8-19(17(2)9-18)12-28-25(36)20-13-31-35(15-20)26(3,4)5/h7-11,13,15-16,27H,6,12,14H2,1-5H3,(H,28,36)(H2,29,30,32,33,34). The third-order valence-electron chi connectivity index (χ3n) is 5.73. The molecule has 0 saturated carbocycles. The van der Waals surface area contributed by atoms with Gasteiger partial charge in [-0.05, 0) is 51.4 Å². The van der Waals surface area contributed by atoms with Crippen molar-refractivity contribution in [2.45, 2.75) is 53.2 Å². The minimum absolute atomic E-state index is 0.146. The summed E-state index contributed by atoms with van der Waals surface area (Å²) in [6.45, 7) is 12.3. The molecule has 0 aliphatic rings. The number of aryl methyl sites for hydroxylation is 1. The van der Waals surface area contributed by atoms with E-state index in [2.05, 4.69) is 54.2 Å². The average Bonchev–Trinajstić information content (AvgIpc) is 3.52. The quantitative estimate of drug-likeness (QED) is 0.282. The maximum atomic E-state index is 12.6. The Morgan fingerprint density at radius 1 is 1.08 bits per heavy atom. The largest absolute Gasteiger partial charge is 0.348 e. The maximum Gasteiger partial charge on any atom is 0.254 e. The van der Waals surface area contributed by atoms with Gasteiger partial charge >= 0.3 is 0 Å². The smallest absolute Gasteiger partial charge is 0.254 e. The summed E-state index contributed by atoms with van der Waals surface area (Å²) in [6.07, 6.45) is 4.91. The van der Waals surface area contributed by atoms with Crippen molar-refractivity contribution in [3.8, 4) is 11.3 Å². The summed E-state index contributed by atoms with van der Waals surface area (Å²) in [7, 11) is 0. The number of carbonyl (C=O) groups is 1. The minimum Gasteiger partial charge on any atom is -0.348 e. The molecule has 4 rings (SSSR count). The third kappa shape index (κ3) is 6.14. The molecule has 188 valence electrons. The van der Waals surface area contributed by atoms with E-state index in [0.717, 1.165) is 41.2 Å². The first-order chi connectivity index (χ1) is 17.2. The molecule has 0 aliphatic carbocycles. The van der Waals surface area contributed by atoms with E-state index in [0.29, 0.717) is 23.7 Å². The Bertz CT molecular complexity index is 1330. The third-order valence-corrected chi connectivity index (χ3v) is 5.73. The first-order valence-electron chi connectivity index (χ1n) is 12.0. The maximum absolute atomic E-state index is 12.6. The van der Waals surface area contributed by atoms with Crippen LogP contribution >= 0.6 is 0 Å². The predicted octanol–water partition coefficient (Wildman–Crippen LogP) is 3.91. The van der Waals surface area contributed by atoms with Gasteiger partial charge < -0.3 is 16.0 Å². The number of anilines is 2. The van der Waals surface area contributed by atoms with Crippen LogP contribution in [0.3, 0.4) is 0 Å². The summed E-state index contributed by atoms with van der Waals surface area (Å²) in [6, 6.07) is 9.92. The monoisotopic (exact) mass is 487 g/mol. The molecule has 0 fully saturated rings. The highest BCUT2D eigenvalue weighted by molar-refractivity contribution is 5.93. The van der Waals surface area contributed by atoms with Gasteiger partial charge in [-0.3, -0.25) is 14.6 Å². The Hall–Kier alpha value is -4.05. The summed E-state index contributed by atoms with van der Waals surface area (Å²) in [5.41, 5.74) is 5.23. The van der Waals surface area contributed by atoms with Gasteiger partial charge in [0.25, 0.3) is 5.91 Å². The molecule has 3 heterocycles. The van der Waals surface area contributed by atoms with Crippen LogP contribution in [-0.2, 0) is 18.6 Å². The van der Waals surface area contributed by atoms with Gasteiger partial charge in [-0.1, -0.05) is 19.1 Å². The number of aromatic amines is 1. The fourth-order valence-electron chi connectivity index (χ4n) is 3.63. The van der Waals surface area contributed by atoms with E-state index in [1.807, 2.05) is 52.0 Å². The van der Waals surface area contributed by atoms with Crippen LogP contribution < -0.4 is 16.0 Å². The summed E-state index contributed by atoms with van der Waals surface area (Å²) in [4.78, 5) is 21.4. The number of carbonyl (C=O) groups excluding carboxylic acids is 1. The Morgan fingerprint density at radius 2 is 1.92 bits per heavy atom. The van der Waals surface area contributed by atoms with Gasteiger partial charge in [0, 0.05) is 37.0 Å². The number of hydrogen-bond acceptors (Lipinski definition) is 7. The van der Waals surface area contributed by atoms with Crippen molar-refractivity contribution < 1.29 is 4.79 Å². The molecule has 0 atom stereocenters. The number of aromatic nitrogens is 6. The van der Waals surface area contributed by atoms with Crippen molar-refractivity contribution in [2.24, 2.45) is 0 Å². The van der Waals surface area contributed by atoms with Gasteiger partial charge in [-0.25, -0.2) is 9.97 Å². The summed E-state index contributed by atoms with van der Waals surface area (Å²) < 4.78 is 1.79. The molecule has 0 bridgehead atoms. The van der Waals surface area contributed by atoms with Gasteiger partial charge in [0.1, 0.15) is 12.1 Å². The first kappa shape index (κ1) is 25.1. The number of nitrogens with one attached hydrogen (secondary N) is 4. The molecule has 4 aromatic rings. The molecule has 1 aromatic carbocycles. The Kier molecular flexibility index (Phi) is 7.44. The van der Waals surface area contributed by atoms with Gasteiger partial charge in [0.2, 0.25) is 0 Å². The number of H-pyrrole nitrogens is 1. The highest BCUT2D eigenvalue weighted by Crippen LogP contribution is 2.23. The number of nitrogens with zero attached hydrogens (tertiary/aromatic N) is 5. The Balaban J connectivity index is 1.40. The molecule has 0 spiro atoms. The summed E-state index contributed by atoms with van der Waals surface area (Å²) in [5, 5.41) is 21.1. The van der Waals surface area contributed by atoms with Crippen LogP contribution in [0.4, 0.5) is 11.6 Å². The van der Waals surface area contributed by atoms with Crippen LogP contribution in [-0.4, -0.2) is 42.4 Å². The molecule has 0 radical (unpaired) electrons. The fraction of sp³-hybridized carbons (Fsp3) is 0.346. The molecule has 10 heteroatoms. The number of amides is 1. The second-order valence-corrected chi connectivity index (χ2v) is 9.64. The lowest BCUT2D eigenvalue weighted by Crippen LogP contribution is -2.24. The molecule has 10 nitrogen and oxygen atoms in total. The van der Waals surface area contributed by atoms with Crippen LogP contribution in [0.5, 0.6) is 0 Å². The molecular weight excluding hydrogens is 454 g/mol. The minimum atomic E-state index is -0.172. The van der Waals surface area contributed by atoms with Crippen LogP contribution in [0, 0.1) is 6.92 Å². The van der Waals surface area contributed by atoms with Crippen molar-refractivity contribution in [2.75, 3.05) is 11.9 Å². The van der Waals surface area contributed by atoms with Crippen molar-refractivity contribution in [1.82, 2.24) is 40.6 Å². The van der Waals surface area contributed by atoms with E-state index in [1.165, 1.54) is 6.33 Å². The summed E-state index contributed by atoms with van der Waals surface area (Å²) >= 11 is 0. The van der Waals surface area contributed by atoms with E-state index in [-0.39, 0.29) is 11.4 Å². The van der Waals surface area contributed by atoms with Crippen LogP contribution in [0.25, 0.3) is 11.3 Å². The van der Waals surface area contributed by atoms with Crippen LogP contribution in [0.15, 0.2) is 49.1 Å². The lowest BCUT2D eigenvalue weighted by atomic mass is 10.0. The van der Waals surface area contributed by atoms with E-state index in [1.54, 1.807) is 17.1 Å². The van der Waals surface area contributed by atoms with E-state index in [4.69, 9.17) is 0 Å². The zero-order valence-corrected chi connectivity index (χ0v) is 21.4. The normalized spacial score (nSPS) is 11.5. The number of hydrogen-bond donors (Lipinski definition) is 4. The Labute approximate surface area is 211 Å². The van der Waals surface area contributed by atoms with Crippen LogP contribution in [0.2, 0.25) is 0 Å². The topological polar surface area (TPSA) is 125 Å². The lowest BCUT2D eigenvalue weighted by molar-refractivity contribution is 0.0950. The number of rotatable bonds is 9. The fourth-order valence-corrected chi connectivity index (χ4v) is 3.63. The second-order valence-electron chi connectivity index (χ2n) is 9.64. The average molecular weight is 488 g/mol. The molecule has 0 aliphatic heterocycles. The molecule has 3 aromatic heterocycles. The molecule has 36 heavy (non-hydrogen) atoms. The highest BCUT2D eigenvalue weighted by Gasteiger charge is 2.17. The van der Waals surface area contributed by atoms with E-state index in [9.17, 15) is 4.79 Å². The van der Waals surface area contributed by atoms with Gasteiger partial charge in [-0.2, -0.15) is 10.2 Å². The highest BCUT2D eigenvalue weighted by atomic mass is 16.1. The van der Waals surface area contributed by atoms with Crippen molar-refractivity contribution in [1.29, 1.82) is 0 Å². The summed E-state index contributed by atoms with van der Waals surface area (Å²) in [5.74, 6) is 1.21. The number of benzene rings is 1. The first-order valence-corrected chi connectivity index (χ1v) is 12.0. The molecule has 1 amide bonds. The Morgan fingerprint density at radius 3 is 2.64 bits per heavy atom. The van der Waals surface area contributed by atoms with Crippen LogP contribution in [0.1, 0.15) is 54.9 Å². The van der Waals surface area contributed by atoms with E-state index < -0.39 is 0 Å². The predicted molar refractivity (Wildman–Crippen MR) is 140 cm³/mol. The SMILES string of the molecule is CCNCc1cc(Nc2cc(-c3ccc(CNC(=O)c4cnn(C(C)(C)C)c4)c(C)c3)ncn2)n[nH]1. The van der Waals surface area contributed by atoms with Crippen molar-refractivity contribution >= 4 is 17.5 Å². The van der Waals surface area contributed by atoms with Gasteiger partial charge in [0.05, 0.1) is 28.7 Å². The van der Waals surface area contributed by atoms with Crippen molar-refractivity contribution in [3.05, 3.63) is 71.4 Å². The molecular formula is C26H33N9O. The lowest BCUT2D eigenvalue weighted by Gasteiger charge is -2.18. The zero-order chi connectivity index (χ0) is 25.7. The van der Waals surface area contributed by atoms with Gasteiger partial charge in [-0.15, -0.1) is 0 Å². The molecule has 4 N–H and O–H groups in total. The van der Waals surface area contributed by atoms with Gasteiger partial charge in [0.15, 0.2) is 5.82 Å². The second kappa shape index (κ2) is 10.7. The van der Waals surface area contributed by atoms with E-state index >= 15 is 0 Å². The van der Waals surface area contributed by atoms with Crippen molar-refractivity contribution in [3.63, 3.8) is 0 Å².